The normalized spacial score (nSPS) is 11.3. The molecule has 5 aromatic rings. The van der Waals surface area contributed by atoms with Crippen LogP contribution in [0.2, 0.25) is 0 Å². The second-order valence-corrected chi connectivity index (χ2v) is 8.75. The van der Waals surface area contributed by atoms with E-state index in [2.05, 4.69) is 52.8 Å². The van der Waals surface area contributed by atoms with Gasteiger partial charge in [0.25, 0.3) is 0 Å². The van der Waals surface area contributed by atoms with Crippen molar-refractivity contribution in [2.24, 2.45) is 0 Å². The van der Waals surface area contributed by atoms with Crippen LogP contribution in [0.25, 0.3) is 43.8 Å². The molecular formula is C24H20N2O2S2. The van der Waals surface area contributed by atoms with Gasteiger partial charge >= 0.3 is 0 Å². The number of rotatable bonds is 6. The summed E-state index contributed by atoms with van der Waals surface area (Å²) in [6.45, 7) is 4.18. The van der Waals surface area contributed by atoms with Crippen LogP contribution in [0.15, 0.2) is 68.4 Å². The van der Waals surface area contributed by atoms with Gasteiger partial charge in [0.1, 0.15) is 23.0 Å². The SMILES string of the molecule is CCc1oc(-c2cccs2)cc1-c1cnc(-c2cc(-c3cccs3)oc2CC)nc1. The van der Waals surface area contributed by atoms with Gasteiger partial charge in [-0.05, 0) is 35.0 Å². The molecule has 0 spiro atoms. The molecule has 0 saturated heterocycles. The lowest BCUT2D eigenvalue weighted by Crippen LogP contribution is -1.92. The van der Waals surface area contributed by atoms with E-state index in [1.807, 2.05) is 30.6 Å². The summed E-state index contributed by atoms with van der Waals surface area (Å²) in [5.41, 5.74) is 2.96. The van der Waals surface area contributed by atoms with Crippen LogP contribution in [0.1, 0.15) is 25.4 Å². The van der Waals surface area contributed by atoms with E-state index in [4.69, 9.17) is 8.83 Å². The first-order chi connectivity index (χ1) is 14.8. The van der Waals surface area contributed by atoms with Gasteiger partial charge in [0, 0.05) is 36.4 Å². The number of nitrogens with zero attached hydrogens (tertiary/aromatic N) is 2. The van der Waals surface area contributed by atoms with Crippen LogP contribution in [-0.4, -0.2) is 9.97 Å². The zero-order valence-electron chi connectivity index (χ0n) is 16.7. The highest BCUT2D eigenvalue weighted by atomic mass is 32.1. The van der Waals surface area contributed by atoms with Gasteiger partial charge < -0.3 is 8.83 Å². The maximum atomic E-state index is 6.10. The fraction of sp³-hybridized carbons (Fsp3) is 0.167. The molecule has 5 aromatic heterocycles. The molecule has 0 aliphatic heterocycles. The van der Waals surface area contributed by atoms with E-state index in [9.17, 15) is 0 Å². The molecule has 0 radical (unpaired) electrons. The average Bonchev–Trinajstić information content (AvgIpc) is 3.58. The standard InChI is InChI=1S/C24H20N2O2S2/c1-3-18-16(11-20(27-18)22-7-5-9-29-22)15-13-25-24(26-14-15)17-12-21(28-19(17)4-2)23-8-6-10-30-23/h5-14H,3-4H2,1-2H3. The van der Waals surface area contributed by atoms with Gasteiger partial charge in [0.15, 0.2) is 5.82 Å². The second kappa shape index (κ2) is 8.05. The minimum Gasteiger partial charge on any atom is -0.460 e. The fourth-order valence-corrected chi connectivity index (χ4v) is 4.86. The van der Waals surface area contributed by atoms with E-state index in [1.54, 1.807) is 22.7 Å². The number of furan rings is 2. The van der Waals surface area contributed by atoms with Crippen molar-refractivity contribution in [3.8, 4) is 43.8 Å². The lowest BCUT2D eigenvalue weighted by atomic mass is 10.1. The molecule has 0 N–H and O–H groups in total. The van der Waals surface area contributed by atoms with Crippen molar-refractivity contribution in [3.05, 3.63) is 71.1 Å². The van der Waals surface area contributed by atoms with Gasteiger partial charge in [0.2, 0.25) is 0 Å². The molecule has 30 heavy (non-hydrogen) atoms. The van der Waals surface area contributed by atoms with Gasteiger partial charge in [-0.1, -0.05) is 26.0 Å². The lowest BCUT2D eigenvalue weighted by Gasteiger charge is -2.02. The van der Waals surface area contributed by atoms with E-state index in [1.165, 1.54) is 0 Å². The Hall–Kier alpha value is -2.96. The molecule has 0 saturated carbocycles. The summed E-state index contributed by atoms with van der Waals surface area (Å²) in [4.78, 5) is 11.6. The van der Waals surface area contributed by atoms with Gasteiger partial charge in [-0.25, -0.2) is 9.97 Å². The highest BCUT2D eigenvalue weighted by Gasteiger charge is 2.18. The van der Waals surface area contributed by atoms with Crippen LogP contribution in [0.5, 0.6) is 0 Å². The van der Waals surface area contributed by atoms with E-state index >= 15 is 0 Å². The molecule has 4 nitrogen and oxygen atoms in total. The number of aromatic nitrogens is 2. The summed E-state index contributed by atoms with van der Waals surface area (Å²) < 4.78 is 12.2. The van der Waals surface area contributed by atoms with Gasteiger partial charge in [-0.3, -0.25) is 0 Å². The van der Waals surface area contributed by atoms with E-state index in [0.717, 1.165) is 62.3 Å². The van der Waals surface area contributed by atoms with Gasteiger partial charge in [-0.2, -0.15) is 0 Å². The Balaban J connectivity index is 1.50. The minimum absolute atomic E-state index is 0.683. The number of hydrogen-bond donors (Lipinski definition) is 0. The molecule has 0 aromatic carbocycles. The molecule has 0 atom stereocenters. The maximum Gasteiger partial charge on any atom is 0.162 e. The molecule has 5 heterocycles. The highest BCUT2D eigenvalue weighted by Crippen LogP contribution is 2.36. The van der Waals surface area contributed by atoms with Crippen LogP contribution in [0, 0.1) is 0 Å². The second-order valence-electron chi connectivity index (χ2n) is 6.85. The van der Waals surface area contributed by atoms with E-state index < -0.39 is 0 Å². The van der Waals surface area contributed by atoms with Crippen molar-refractivity contribution in [2.75, 3.05) is 0 Å². The molecule has 0 aliphatic carbocycles. The van der Waals surface area contributed by atoms with Crippen LogP contribution in [0.4, 0.5) is 0 Å². The first kappa shape index (κ1) is 19.0. The zero-order chi connectivity index (χ0) is 20.5. The monoisotopic (exact) mass is 432 g/mol. The Labute approximate surface area is 182 Å². The summed E-state index contributed by atoms with van der Waals surface area (Å²) in [6, 6.07) is 12.3. The summed E-state index contributed by atoms with van der Waals surface area (Å²) in [5.74, 6) is 4.30. The predicted octanol–water partition coefficient (Wildman–Crippen LogP) is 7.58. The van der Waals surface area contributed by atoms with Crippen LogP contribution in [-0.2, 0) is 12.8 Å². The van der Waals surface area contributed by atoms with Crippen LogP contribution >= 0.6 is 22.7 Å². The number of thiophene rings is 2. The smallest absolute Gasteiger partial charge is 0.162 e. The Morgan fingerprint density at radius 2 is 1.30 bits per heavy atom. The van der Waals surface area contributed by atoms with E-state index in [0.29, 0.717) is 5.82 Å². The third kappa shape index (κ3) is 3.42. The summed E-state index contributed by atoms with van der Waals surface area (Å²) in [5, 5.41) is 4.11. The zero-order valence-corrected chi connectivity index (χ0v) is 18.3. The lowest BCUT2D eigenvalue weighted by molar-refractivity contribution is 0.531. The number of hydrogen-bond acceptors (Lipinski definition) is 6. The minimum atomic E-state index is 0.683. The van der Waals surface area contributed by atoms with Crippen molar-refractivity contribution in [1.29, 1.82) is 0 Å². The Bertz CT molecular complexity index is 1150. The Kier molecular flexibility index (Phi) is 5.11. The predicted molar refractivity (Wildman–Crippen MR) is 123 cm³/mol. The molecule has 0 aliphatic rings. The first-order valence-corrected chi connectivity index (χ1v) is 11.7. The Morgan fingerprint density at radius 1 is 0.767 bits per heavy atom. The van der Waals surface area contributed by atoms with Crippen molar-refractivity contribution in [2.45, 2.75) is 26.7 Å². The molecule has 0 bridgehead atoms. The molecule has 0 amide bonds. The summed E-state index contributed by atoms with van der Waals surface area (Å²) in [6.07, 6.45) is 5.36. The van der Waals surface area contributed by atoms with Crippen LogP contribution < -0.4 is 0 Å². The molecular weight excluding hydrogens is 412 g/mol. The third-order valence-electron chi connectivity index (χ3n) is 4.99. The first-order valence-electron chi connectivity index (χ1n) is 9.92. The summed E-state index contributed by atoms with van der Waals surface area (Å²) >= 11 is 3.34. The molecule has 0 unspecified atom stereocenters. The van der Waals surface area contributed by atoms with Crippen molar-refractivity contribution >= 4 is 22.7 Å². The topological polar surface area (TPSA) is 52.1 Å². The molecule has 6 heteroatoms. The number of aryl methyl sites for hydroxylation is 2. The van der Waals surface area contributed by atoms with E-state index in [-0.39, 0.29) is 0 Å². The van der Waals surface area contributed by atoms with Gasteiger partial charge in [0.05, 0.1) is 15.3 Å². The van der Waals surface area contributed by atoms with Crippen molar-refractivity contribution < 1.29 is 8.83 Å². The third-order valence-corrected chi connectivity index (χ3v) is 6.76. The Morgan fingerprint density at radius 3 is 1.80 bits per heavy atom. The average molecular weight is 433 g/mol. The molecule has 0 fully saturated rings. The molecule has 150 valence electrons. The van der Waals surface area contributed by atoms with Crippen molar-refractivity contribution in [1.82, 2.24) is 9.97 Å². The van der Waals surface area contributed by atoms with Gasteiger partial charge in [-0.15, -0.1) is 22.7 Å². The summed E-state index contributed by atoms with van der Waals surface area (Å²) in [7, 11) is 0. The fourth-order valence-electron chi connectivity index (χ4n) is 3.50. The highest BCUT2D eigenvalue weighted by molar-refractivity contribution is 7.13. The largest absolute Gasteiger partial charge is 0.460 e. The maximum absolute atomic E-state index is 6.10. The van der Waals surface area contributed by atoms with Crippen molar-refractivity contribution in [3.63, 3.8) is 0 Å². The molecule has 5 rings (SSSR count). The van der Waals surface area contributed by atoms with Crippen LogP contribution in [0.3, 0.4) is 0 Å². The quantitative estimate of drug-likeness (QED) is 0.277.